The number of hydrogen-bond donors (Lipinski definition) is 1. The van der Waals surface area contributed by atoms with E-state index < -0.39 is 0 Å². The fourth-order valence-electron chi connectivity index (χ4n) is 2.93. The molecule has 1 aromatic heterocycles. The average Bonchev–Trinajstić information content (AvgIpc) is 3.19. The predicted octanol–water partition coefficient (Wildman–Crippen LogP) is 2.40. The zero-order chi connectivity index (χ0) is 15.4. The highest BCUT2D eigenvalue weighted by Gasteiger charge is 2.21. The van der Waals surface area contributed by atoms with Crippen molar-refractivity contribution in [3.8, 4) is 11.4 Å². The number of benzene rings is 1. The van der Waals surface area contributed by atoms with Crippen LogP contribution < -0.4 is 10.1 Å². The van der Waals surface area contributed by atoms with Gasteiger partial charge in [-0.1, -0.05) is 19.1 Å². The smallest absolute Gasteiger partial charge is 0.148 e. The van der Waals surface area contributed by atoms with Crippen LogP contribution in [-0.4, -0.2) is 36.1 Å². The van der Waals surface area contributed by atoms with E-state index in [0.29, 0.717) is 12.0 Å². The monoisotopic (exact) mass is 301 g/mol. The minimum atomic E-state index is 0.329. The maximum Gasteiger partial charge on any atom is 0.148 e. The largest absolute Gasteiger partial charge is 0.494 e. The highest BCUT2D eigenvalue weighted by Crippen LogP contribution is 2.27. The molecule has 0 radical (unpaired) electrons. The number of aromatic nitrogens is 2. The summed E-state index contributed by atoms with van der Waals surface area (Å²) in [5.41, 5.74) is 2.08. The van der Waals surface area contributed by atoms with Crippen LogP contribution in [0.25, 0.3) is 5.69 Å². The van der Waals surface area contributed by atoms with Crippen molar-refractivity contribution in [1.29, 1.82) is 0 Å². The summed E-state index contributed by atoms with van der Waals surface area (Å²) in [6, 6.07) is 8.03. The molecule has 1 aliphatic heterocycles. The Balaban J connectivity index is 1.67. The third-order valence-corrected chi connectivity index (χ3v) is 4.00. The lowest BCUT2D eigenvalue weighted by atomic mass is 10.1. The predicted molar refractivity (Wildman–Crippen MR) is 85.3 cm³/mol. The molecule has 1 saturated heterocycles. The Kier molecular flexibility index (Phi) is 4.75. The van der Waals surface area contributed by atoms with Crippen LogP contribution in [0.2, 0.25) is 0 Å². The first kappa shape index (κ1) is 15.1. The molecule has 118 valence electrons. The van der Waals surface area contributed by atoms with Crippen molar-refractivity contribution < 1.29 is 9.47 Å². The van der Waals surface area contributed by atoms with E-state index in [2.05, 4.69) is 23.4 Å². The maximum atomic E-state index is 5.73. The molecule has 2 heterocycles. The molecule has 3 rings (SSSR count). The highest BCUT2D eigenvalue weighted by atomic mass is 16.5. The summed E-state index contributed by atoms with van der Waals surface area (Å²) in [6.45, 7) is 4.74. The number of para-hydroxylation sites is 1. The van der Waals surface area contributed by atoms with Crippen molar-refractivity contribution in [2.75, 3.05) is 20.3 Å². The van der Waals surface area contributed by atoms with Crippen LogP contribution in [0, 0.1) is 5.92 Å². The van der Waals surface area contributed by atoms with Crippen molar-refractivity contribution in [3.05, 3.63) is 42.2 Å². The SMILES string of the molecule is COc1c(CNCC2CC(C)CO2)cccc1-n1cccn1. The summed E-state index contributed by atoms with van der Waals surface area (Å²) >= 11 is 0. The Morgan fingerprint density at radius 1 is 1.41 bits per heavy atom. The van der Waals surface area contributed by atoms with Crippen LogP contribution in [-0.2, 0) is 11.3 Å². The van der Waals surface area contributed by atoms with Gasteiger partial charge in [-0.25, -0.2) is 4.68 Å². The minimum Gasteiger partial charge on any atom is -0.494 e. The van der Waals surface area contributed by atoms with Crippen molar-refractivity contribution in [2.24, 2.45) is 5.92 Å². The molecule has 1 fully saturated rings. The molecule has 5 nitrogen and oxygen atoms in total. The van der Waals surface area contributed by atoms with Gasteiger partial charge in [-0.05, 0) is 24.5 Å². The van der Waals surface area contributed by atoms with Gasteiger partial charge in [0.05, 0.1) is 13.2 Å². The third kappa shape index (κ3) is 3.31. The second-order valence-electron chi connectivity index (χ2n) is 5.85. The van der Waals surface area contributed by atoms with E-state index in [1.54, 1.807) is 13.3 Å². The van der Waals surface area contributed by atoms with E-state index >= 15 is 0 Å². The molecule has 22 heavy (non-hydrogen) atoms. The van der Waals surface area contributed by atoms with Crippen molar-refractivity contribution >= 4 is 0 Å². The third-order valence-electron chi connectivity index (χ3n) is 4.00. The summed E-state index contributed by atoms with van der Waals surface area (Å²) < 4.78 is 13.2. The standard InChI is InChI=1S/C17H23N3O2/c1-13-9-15(22-12-13)11-18-10-14-5-3-6-16(17(14)21-2)20-8-4-7-19-20/h3-8,13,15,18H,9-12H2,1-2H3. The van der Waals surface area contributed by atoms with Gasteiger partial charge in [0.2, 0.25) is 0 Å². The molecule has 1 N–H and O–H groups in total. The first-order valence-corrected chi connectivity index (χ1v) is 7.76. The fraction of sp³-hybridized carbons (Fsp3) is 0.471. The minimum absolute atomic E-state index is 0.329. The Labute approximate surface area is 131 Å². The van der Waals surface area contributed by atoms with Crippen LogP contribution in [0.3, 0.4) is 0 Å². The number of nitrogens with zero attached hydrogens (tertiary/aromatic N) is 2. The molecule has 0 aliphatic carbocycles. The number of hydrogen-bond acceptors (Lipinski definition) is 4. The Hall–Kier alpha value is -1.85. The summed E-state index contributed by atoms with van der Waals surface area (Å²) in [6.07, 6.45) is 5.15. The quantitative estimate of drug-likeness (QED) is 0.890. The van der Waals surface area contributed by atoms with E-state index in [4.69, 9.17) is 9.47 Å². The number of ether oxygens (including phenoxy) is 2. The van der Waals surface area contributed by atoms with E-state index in [0.717, 1.165) is 43.1 Å². The first-order chi connectivity index (χ1) is 10.8. The second kappa shape index (κ2) is 6.94. The highest BCUT2D eigenvalue weighted by molar-refractivity contribution is 5.51. The molecule has 2 aromatic rings. The van der Waals surface area contributed by atoms with Gasteiger partial charge in [-0.3, -0.25) is 0 Å². The number of rotatable bonds is 6. The van der Waals surface area contributed by atoms with Gasteiger partial charge < -0.3 is 14.8 Å². The van der Waals surface area contributed by atoms with E-state index in [1.807, 2.05) is 29.1 Å². The van der Waals surface area contributed by atoms with E-state index in [1.165, 1.54) is 0 Å². The topological polar surface area (TPSA) is 48.3 Å². The Bertz CT molecular complexity index is 598. The molecule has 0 saturated carbocycles. The molecular formula is C17H23N3O2. The fourth-order valence-corrected chi connectivity index (χ4v) is 2.93. The second-order valence-corrected chi connectivity index (χ2v) is 5.85. The lowest BCUT2D eigenvalue weighted by molar-refractivity contribution is 0.106. The van der Waals surface area contributed by atoms with Gasteiger partial charge in [0.15, 0.2) is 0 Å². The molecule has 0 bridgehead atoms. The molecule has 5 heteroatoms. The van der Waals surface area contributed by atoms with E-state index in [9.17, 15) is 0 Å². The maximum absolute atomic E-state index is 5.73. The van der Waals surface area contributed by atoms with Crippen molar-refractivity contribution in [2.45, 2.75) is 26.0 Å². The van der Waals surface area contributed by atoms with Gasteiger partial charge in [-0.2, -0.15) is 5.10 Å². The summed E-state index contributed by atoms with van der Waals surface area (Å²) in [4.78, 5) is 0. The van der Waals surface area contributed by atoms with Gasteiger partial charge in [0.1, 0.15) is 11.4 Å². The number of nitrogens with one attached hydrogen (secondary N) is 1. The van der Waals surface area contributed by atoms with Gasteiger partial charge in [0.25, 0.3) is 0 Å². The first-order valence-electron chi connectivity index (χ1n) is 7.76. The molecular weight excluding hydrogens is 278 g/mol. The van der Waals surface area contributed by atoms with Gasteiger partial charge in [-0.15, -0.1) is 0 Å². The Morgan fingerprint density at radius 3 is 3.00 bits per heavy atom. The zero-order valence-corrected chi connectivity index (χ0v) is 13.2. The summed E-state index contributed by atoms with van der Waals surface area (Å²) in [7, 11) is 1.70. The molecule has 1 aliphatic rings. The van der Waals surface area contributed by atoms with Crippen molar-refractivity contribution in [1.82, 2.24) is 15.1 Å². The van der Waals surface area contributed by atoms with Crippen molar-refractivity contribution in [3.63, 3.8) is 0 Å². The molecule has 2 unspecified atom stereocenters. The van der Waals surface area contributed by atoms with Crippen LogP contribution in [0.4, 0.5) is 0 Å². The Morgan fingerprint density at radius 2 is 2.32 bits per heavy atom. The van der Waals surface area contributed by atoms with Crippen LogP contribution >= 0.6 is 0 Å². The molecule has 0 spiro atoms. The summed E-state index contributed by atoms with van der Waals surface area (Å²) in [5, 5.41) is 7.76. The van der Waals surface area contributed by atoms with Gasteiger partial charge >= 0.3 is 0 Å². The van der Waals surface area contributed by atoms with Crippen LogP contribution in [0.5, 0.6) is 5.75 Å². The van der Waals surface area contributed by atoms with Crippen LogP contribution in [0.15, 0.2) is 36.7 Å². The van der Waals surface area contributed by atoms with Gasteiger partial charge in [0, 0.05) is 37.7 Å². The zero-order valence-electron chi connectivity index (χ0n) is 13.2. The molecule has 2 atom stereocenters. The summed E-state index contributed by atoms with van der Waals surface area (Å²) in [5.74, 6) is 1.53. The molecule has 0 amide bonds. The average molecular weight is 301 g/mol. The normalized spacial score (nSPS) is 21.2. The lowest BCUT2D eigenvalue weighted by Crippen LogP contribution is -2.26. The van der Waals surface area contributed by atoms with Crippen LogP contribution in [0.1, 0.15) is 18.9 Å². The number of methoxy groups -OCH3 is 1. The lowest BCUT2D eigenvalue weighted by Gasteiger charge is -2.15. The van der Waals surface area contributed by atoms with E-state index in [-0.39, 0.29) is 0 Å². The molecule has 1 aromatic carbocycles.